The molecule has 1 rings (SSSR count). The molecule has 1 aromatic heterocycles. The summed E-state index contributed by atoms with van der Waals surface area (Å²) in [5.74, 6) is 0.671. The topological polar surface area (TPSA) is 74.5 Å². The standard InChI is InChI=1S/C15H28N6O/c1-6-8-16-15(18-10-14(22)20(3)4)17-9-12-11-21(5)19-13(12)7-2/h11H,6-10H2,1-5H3,(H2,16,17,18). The molecule has 124 valence electrons. The van der Waals surface area contributed by atoms with Crippen molar-refractivity contribution < 1.29 is 4.79 Å². The van der Waals surface area contributed by atoms with E-state index >= 15 is 0 Å². The predicted molar refractivity (Wildman–Crippen MR) is 88.7 cm³/mol. The lowest BCUT2D eigenvalue weighted by Crippen LogP contribution is -2.43. The van der Waals surface area contributed by atoms with Gasteiger partial charge in [-0.3, -0.25) is 9.48 Å². The van der Waals surface area contributed by atoms with Gasteiger partial charge in [-0.05, 0) is 12.8 Å². The highest BCUT2D eigenvalue weighted by Gasteiger charge is 2.08. The average Bonchev–Trinajstić information content (AvgIpc) is 2.86. The van der Waals surface area contributed by atoms with Crippen molar-refractivity contribution in [3.05, 3.63) is 17.5 Å². The van der Waals surface area contributed by atoms with E-state index < -0.39 is 0 Å². The smallest absolute Gasteiger partial charge is 0.241 e. The molecule has 1 amide bonds. The number of guanidine groups is 1. The van der Waals surface area contributed by atoms with Crippen LogP contribution in [0.4, 0.5) is 0 Å². The second-order valence-corrected chi connectivity index (χ2v) is 5.36. The van der Waals surface area contributed by atoms with Crippen LogP contribution >= 0.6 is 0 Å². The summed E-state index contributed by atoms with van der Waals surface area (Å²) in [6, 6.07) is 0. The number of aromatic nitrogens is 2. The van der Waals surface area contributed by atoms with E-state index in [0.717, 1.165) is 30.6 Å². The first-order valence-electron chi connectivity index (χ1n) is 7.71. The zero-order valence-electron chi connectivity index (χ0n) is 14.3. The van der Waals surface area contributed by atoms with Gasteiger partial charge in [0, 0.05) is 39.4 Å². The zero-order chi connectivity index (χ0) is 16.5. The maximum Gasteiger partial charge on any atom is 0.241 e. The Morgan fingerprint density at radius 2 is 2.09 bits per heavy atom. The van der Waals surface area contributed by atoms with E-state index in [9.17, 15) is 4.79 Å². The van der Waals surface area contributed by atoms with E-state index in [-0.39, 0.29) is 12.5 Å². The molecule has 0 radical (unpaired) electrons. The van der Waals surface area contributed by atoms with Crippen LogP contribution in [-0.2, 0) is 24.8 Å². The quantitative estimate of drug-likeness (QED) is 0.569. The lowest BCUT2D eigenvalue weighted by Gasteiger charge is -2.14. The predicted octanol–water partition coefficient (Wildman–Crippen LogP) is 0.516. The summed E-state index contributed by atoms with van der Waals surface area (Å²) in [6.07, 6.45) is 3.87. The molecule has 0 aliphatic rings. The first-order valence-corrected chi connectivity index (χ1v) is 7.71. The minimum absolute atomic E-state index is 0.0154. The van der Waals surface area contributed by atoms with Crippen molar-refractivity contribution in [2.75, 3.05) is 27.2 Å². The summed E-state index contributed by atoms with van der Waals surface area (Å²) < 4.78 is 1.81. The number of nitrogens with one attached hydrogen (secondary N) is 2. The second-order valence-electron chi connectivity index (χ2n) is 5.36. The third kappa shape index (κ3) is 5.75. The van der Waals surface area contributed by atoms with Gasteiger partial charge in [0.1, 0.15) is 0 Å². The van der Waals surface area contributed by atoms with Crippen LogP contribution in [0.3, 0.4) is 0 Å². The van der Waals surface area contributed by atoms with Crippen molar-refractivity contribution in [2.45, 2.75) is 33.2 Å². The Hall–Kier alpha value is -2.05. The number of aryl methyl sites for hydroxylation is 2. The third-order valence-corrected chi connectivity index (χ3v) is 3.18. The molecule has 0 spiro atoms. The molecule has 0 saturated carbocycles. The maximum absolute atomic E-state index is 11.7. The first-order chi connectivity index (χ1) is 10.5. The fourth-order valence-electron chi connectivity index (χ4n) is 1.91. The van der Waals surface area contributed by atoms with Gasteiger partial charge in [-0.2, -0.15) is 5.10 Å². The Balaban J connectivity index is 2.70. The van der Waals surface area contributed by atoms with Crippen LogP contribution in [0.5, 0.6) is 0 Å². The van der Waals surface area contributed by atoms with Gasteiger partial charge in [-0.1, -0.05) is 13.8 Å². The highest BCUT2D eigenvalue weighted by atomic mass is 16.2. The minimum Gasteiger partial charge on any atom is -0.356 e. The molecular weight excluding hydrogens is 280 g/mol. The number of hydrogen-bond acceptors (Lipinski definition) is 3. The van der Waals surface area contributed by atoms with Crippen LogP contribution in [0.1, 0.15) is 31.5 Å². The van der Waals surface area contributed by atoms with Crippen LogP contribution in [0.2, 0.25) is 0 Å². The number of likely N-dealkylation sites (N-methyl/N-ethyl adjacent to an activating group) is 1. The summed E-state index contributed by atoms with van der Waals surface area (Å²) in [5, 5.41) is 10.7. The van der Waals surface area contributed by atoms with Gasteiger partial charge in [-0.15, -0.1) is 0 Å². The third-order valence-electron chi connectivity index (χ3n) is 3.18. The van der Waals surface area contributed by atoms with E-state index in [1.165, 1.54) is 0 Å². The fraction of sp³-hybridized carbons (Fsp3) is 0.667. The minimum atomic E-state index is 0.0154. The van der Waals surface area contributed by atoms with E-state index in [1.807, 2.05) is 17.9 Å². The molecule has 0 fully saturated rings. The highest BCUT2D eigenvalue weighted by molar-refractivity contribution is 5.86. The molecule has 0 unspecified atom stereocenters. The molecule has 7 heteroatoms. The Kier molecular flexibility index (Phi) is 7.42. The largest absolute Gasteiger partial charge is 0.356 e. The van der Waals surface area contributed by atoms with Gasteiger partial charge >= 0.3 is 0 Å². The van der Waals surface area contributed by atoms with Crippen molar-refractivity contribution in [2.24, 2.45) is 12.0 Å². The molecule has 0 aliphatic heterocycles. The van der Waals surface area contributed by atoms with Crippen LogP contribution in [0.25, 0.3) is 0 Å². The molecule has 1 aromatic rings. The molecule has 0 bridgehead atoms. The van der Waals surface area contributed by atoms with Gasteiger partial charge in [0.25, 0.3) is 0 Å². The molecule has 7 nitrogen and oxygen atoms in total. The Bertz CT molecular complexity index is 506. The van der Waals surface area contributed by atoms with Crippen LogP contribution in [0, 0.1) is 0 Å². The van der Waals surface area contributed by atoms with Gasteiger partial charge < -0.3 is 15.5 Å². The van der Waals surface area contributed by atoms with E-state index in [4.69, 9.17) is 0 Å². The molecule has 0 saturated heterocycles. The number of amides is 1. The van der Waals surface area contributed by atoms with E-state index in [2.05, 4.69) is 34.6 Å². The van der Waals surface area contributed by atoms with Crippen molar-refractivity contribution in [3.63, 3.8) is 0 Å². The second kappa shape index (κ2) is 9.07. The summed E-state index contributed by atoms with van der Waals surface area (Å²) >= 11 is 0. The van der Waals surface area contributed by atoms with Gasteiger partial charge in [0.05, 0.1) is 18.8 Å². The molecule has 2 N–H and O–H groups in total. The summed E-state index contributed by atoms with van der Waals surface area (Å²) in [7, 11) is 5.39. The Morgan fingerprint density at radius 3 is 2.68 bits per heavy atom. The Labute approximate surface area is 132 Å². The average molecular weight is 308 g/mol. The lowest BCUT2D eigenvalue weighted by atomic mass is 10.2. The molecule has 0 aromatic carbocycles. The number of hydrogen-bond donors (Lipinski definition) is 2. The van der Waals surface area contributed by atoms with Crippen LogP contribution in [0.15, 0.2) is 11.2 Å². The Morgan fingerprint density at radius 1 is 1.36 bits per heavy atom. The van der Waals surface area contributed by atoms with Gasteiger partial charge in [0.2, 0.25) is 5.91 Å². The maximum atomic E-state index is 11.7. The number of carbonyl (C=O) groups excluding carboxylic acids is 1. The van der Waals surface area contributed by atoms with Gasteiger partial charge in [0.15, 0.2) is 5.96 Å². The monoisotopic (exact) mass is 308 g/mol. The summed E-state index contributed by atoms with van der Waals surface area (Å²) in [4.78, 5) is 17.8. The zero-order valence-corrected chi connectivity index (χ0v) is 14.3. The molecule has 0 atom stereocenters. The number of nitrogens with zero attached hydrogens (tertiary/aromatic N) is 4. The first kappa shape index (κ1) is 18.0. The van der Waals surface area contributed by atoms with E-state index in [0.29, 0.717) is 12.5 Å². The highest BCUT2D eigenvalue weighted by Crippen LogP contribution is 2.08. The van der Waals surface area contributed by atoms with Crippen molar-refractivity contribution in [3.8, 4) is 0 Å². The number of rotatable bonds is 7. The number of carbonyl (C=O) groups is 1. The summed E-state index contributed by atoms with van der Waals surface area (Å²) in [6.45, 7) is 5.77. The SMILES string of the molecule is CCCNC(=NCc1cn(C)nc1CC)NCC(=O)N(C)C. The van der Waals surface area contributed by atoms with Crippen molar-refractivity contribution in [1.29, 1.82) is 0 Å². The fourth-order valence-corrected chi connectivity index (χ4v) is 1.91. The van der Waals surface area contributed by atoms with E-state index in [1.54, 1.807) is 19.0 Å². The normalized spacial score (nSPS) is 11.4. The van der Waals surface area contributed by atoms with Crippen LogP contribution < -0.4 is 10.6 Å². The molecule has 22 heavy (non-hydrogen) atoms. The van der Waals surface area contributed by atoms with Crippen LogP contribution in [-0.4, -0.2) is 53.7 Å². The van der Waals surface area contributed by atoms with Crippen molar-refractivity contribution >= 4 is 11.9 Å². The molecule has 1 heterocycles. The summed E-state index contributed by atoms with van der Waals surface area (Å²) in [5.41, 5.74) is 2.17. The molecule has 0 aliphatic carbocycles. The lowest BCUT2D eigenvalue weighted by molar-refractivity contribution is -0.127. The number of aliphatic imine (C=N–C) groups is 1. The van der Waals surface area contributed by atoms with Crippen molar-refractivity contribution in [1.82, 2.24) is 25.3 Å². The molecular formula is C15H28N6O. The van der Waals surface area contributed by atoms with Gasteiger partial charge in [-0.25, -0.2) is 4.99 Å².